The molecule has 5 rings (SSSR count). The fourth-order valence-electron chi connectivity index (χ4n) is 13.3. The fraction of sp³-hybridized carbons (Fsp3) is 0.537. The molecule has 0 heterocycles. The Labute approximate surface area is 641 Å². The van der Waals surface area contributed by atoms with E-state index in [-0.39, 0.29) is 88.2 Å². The monoisotopic (exact) mass is 1550 g/mol. The van der Waals surface area contributed by atoms with Crippen molar-refractivity contribution >= 4 is 71.0 Å². The molecular formula is C80H120N12O13S3. The maximum Gasteiger partial charge on any atom is 0.235 e. The minimum atomic E-state index is -4.39. The fourth-order valence-corrected chi connectivity index (χ4v) is 17.6. The summed E-state index contributed by atoms with van der Waals surface area (Å²) in [5, 5.41) is 11.8. The van der Waals surface area contributed by atoms with E-state index in [9.17, 15) is 49.2 Å². The standard InChI is InChI=1S/C80H120N12O13S3/c1-61(2)47-69(38-20-24-42-82)79(98)86-71(39-21-25-43-83)54-91(107(102,103)59-66-33-15-7-16-34-66)58-78(97)89-75(50-65-31-13-6-14-32-65)76(95)51-68(37-19-23-41-81)53-90(106(100,101)46-45-85)56-73(94)52-70(48-63-27-9-4-10-28-63)80(99)87-72(49-64-29-11-5-12-30-64)55-92(108(104,105)60-67-35-17-8-18-36-67)57-77(96)88-74(62(3)93)40-22-26-44-84/h4-18,27-36,61,68-72,74-75H,19-26,37-60,81-85H2,1-3H3,(H,86,98)(H,87,99)(H,88,96)(H,89,97)/t68-,69-,70-,71+,72+,74+,75+/m1/s1. The van der Waals surface area contributed by atoms with Gasteiger partial charge in [0.15, 0.2) is 11.6 Å². The molecule has 7 atom stereocenters. The number of carbonyl (C=O) groups excluding carboxylic acids is 7. The lowest BCUT2D eigenvalue weighted by molar-refractivity contribution is -0.130. The highest BCUT2D eigenvalue weighted by Gasteiger charge is 2.37. The van der Waals surface area contributed by atoms with Crippen LogP contribution in [0.3, 0.4) is 0 Å². The van der Waals surface area contributed by atoms with Crippen molar-refractivity contribution in [3.05, 3.63) is 179 Å². The van der Waals surface area contributed by atoms with Crippen LogP contribution in [0.25, 0.3) is 0 Å². The van der Waals surface area contributed by atoms with E-state index in [2.05, 4.69) is 21.3 Å². The lowest BCUT2D eigenvalue weighted by Crippen LogP contribution is -2.52. The summed E-state index contributed by atoms with van der Waals surface area (Å²) in [5.74, 6) is -7.74. The Kier molecular flexibility index (Phi) is 41.3. The summed E-state index contributed by atoms with van der Waals surface area (Å²) in [6.45, 7) is 3.24. The van der Waals surface area contributed by atoms with E-state index < -0.39 is 145 Å². The van der Waals surface area contributed by atoms with E-state index in [0.29, 0.717) is 105 Å². The van der Waals surface area contributed by atoms with Gasteiger partial charge in [-0.1, -0.05) is 185 Å². The zero-order valence-electron chi connectivity index (χ0n) is 63.4. The Morgan fingerprint density at radius 2 is 0.787 bits per heavy atom. The number of hydrogen-bond acceptors (Lipinski definition) is 18. The minimum Gasteiger partial charge on any atom is -0.352 e. The van der Waals surface area contributed by atoms with E-state index in [1.807, 2.05) is 13.8 Å². The maximum absolute atomic E-state index is 15.3. The van der Waals surface area contributed by atoms with E-state index >= 15 is 9.59 Å². The van der Waals surface area contributed by atoms with Crippen molar-refractivity contribution in [3.8, 4) is 0 Å². The largest absolute Gasteiger partial charge is 0.352 e. The number of rotatable bonds is 57. The Morgan fingerprint density at radius 3 is 1.25 bits per heavy atom. The van der Waals surface area contributed by atoms with Crippen LogP contribution in [-0.4, -0.2) is 181 Å². The van der Waals surface area contributed by atoms with Crippen LogP contribution in [0.15, 0.2) is 152 Å². The third-order valence-electron chi connectivity index (χ3n) is 18.9. The number of ketones is 3. The summed E-state index contributed by atoms with van der Waals surface area (Å²) in [5.41, 5.74) is 32.3. The number of sulfonamides is 3. The number of nitrogens with two attached hydrogens (primary N) is 5. The third-order valence-corrected chi connectivity index (χ3v) is 24.2. The van der Waals surface area contributed by atoms with Crippen LogP contribution >= 0.6 is 0 Å². The van der Waals surface area contributed by atoms with Crippen LogP contribution in [0.1, 0.15) is 145 Å². The topological polar surface area (TPSA) is 410 Å². The summed E-state index contributed by atoms with van der Waals surface area (Å²) < 4.78 is 91.2. The molecule has 0 aliphatic carbocycles. The van der Waals surface area contributed by atoms with Crippen molar-refractivity contribution in [1.29, 1.82) is 0 Å². The molecule has 5 aromatic carbocycles. The van der Waals surface area contributed by atoms with Crippen molar-refractivity contribution in [2.24, 2.45) is 52.3 Å². The average molecular weight is 1550 g/mol. The zero-order chi connectivity index (χ0) is 78.9. The van der Waals surface area contributed by atoms with Gasteiger partial charge in [-0.2, -0.15) is 12.9 Å². The van der Waals surface area contributed by atoms with E-state index in [4.69, 9.17) is 28.7 Å². The smallest absolute Gasteiger partial charge is 0.235 e. The molecule has 108 heavy (non-hydrogen) atoms. The number of nitrogens with zero attached hydrogens (tertiary/aromatic N) is 3. The molecular weight excluding hydrogens is 1430 g/mol. The highest BCUT2D eigenvalue weighted by atomic mass is 32.2. The number of Topliss-reactive ketones (excluding diaryl/α,β-unsaturated/α-hetero) is 3. The molecule has 0 radical (unpaired) electrons. The SMILES string of the molecule is CC(=O)[C@H](CCCCN)NC(=O)CN(C[C@H](Cc1ccccc1)NC(=O)[C@@H](CC(=O)CN(C[C@H](CCCCN)CC(=O)[C@H](Cc1ccccc1)NC(=O)CN(C[C@H](CCCCN)NC(=O)[C@H](CCCCN)CC(C)C)S(=O)(=O)Cc1ccccc1)S(=O)(=O)CCN)Cc1ccccc1)S(=O)(=O)Cc1ccccc1. The molecule has 0 saturated heterocycles. The first-order chi connectivity index (χ1) is 51.7. The highest BCUT2D eigenvalue weighted by Crippen LogP contribution is 2.25. The number of benzene rings is 5. The third kappa shape index (κ3) is 34.6. The number of unbranched alkanes of at least 4 members (excludes halogenated alkanes) is 4. The summed E-state index contributed by atoms with van der Waals surface area (Å²) in [7, 11) is -13.1. The number of nitrogens with one attached hydrogen (secondary N) is 4. The van der Waals surface area contributed by atoms with Gasteiger partial charge in [0.1, 0.15) is 5.78 Å². The predicted molar refractivity (Wildman–Crippen MR) is 425 cm³/mol. The molecule has 0 unspecified atom stereocenters. The number of carbonyl (C=O) groups is 7. The predicted octanol–water partition coefficient (Wildman–Crippen LogP) is 5.83. The van der Waals surface area contributed by atoms with Crippen LogP contribution in [0.4, 0.5) is 0 Å². The Balaban J connectivity index is 1.49. The molecule has 25 nitrogen and oxygen atoms in total. The summed E-state index contributed by atoms with van der Waals surface area (Å²) in [4.78, 5) is 101. The van der Waals surface area contributed by atoms with Gasteiger partial charge in [0.25, 0.3) is 0 Å². The maximum atomic E-state index is 15.3. The van der Waals surface area contributed by atoms with Crippen LogP contribution in [0, 0.1) is 23.7 Å². The van der Waals surface area contributed by atoms with Gasteiger partial charge in [0.05, 0.1) is 49.0 Å². The van der Waals surface area contributed by atoms with Crippen molar-refractivity contribution < 1.29 is 58.8 Å². The average Bonchev–Trinajstić information content (AvgIpc) is 0.833. The van der Waals surface area contributed by atoms with E-state index in [1.54, 1.807) is 152 Å². The van der Waals surface area contributed by atoms with Gasteiger partial charge in [-0.25, -0.2) is 25.3 Å². The molecule has 0 aromatic heterocycles. The molecule has 0 fully saturated rings. The van der Waals surface area contributed by atoms with Crippen molar-refractivity contribution in [1.82, 2.24) is 34.2 Å². The van der Waals surface area contributed by atoms with Crippen molar-refractivity contribution in [3.63, 3.8) is 0 Å². The molecule has 0 spiro atoms. The normalized spacial score (nSPS) is 14.0. The molecule has 28 heteroatoms. The molecule has 5 aromatic rings. The number of amides is 4. The first-order valence-electron chi connectivity index (χ1n) is 38.0. The van der Waals surface area contributed by atoms with Gasteiger partial charge in [0, 0.05) is 62.9 Å². The Bertz CT molecular complexity index is 3860. The van der Waals surface area contributed by atoms with Crippen LogP contribution in [0.5, 0.6) is 0 Å². The van der Waals surface area contributed by atoms with Crippen molar-refractivity contribution in [2.75, 3.05) is 77.7 Å². The van der Waals surface area contributed by atoms with Crippen LogP contribution in [-0.2, 0) is 94.4 Å². The summed E-state index contributed by atoms with van der Waals surface area (Å²) in [6.07, 6.45) is 5.81. The van der Waals surface area contributed by atoms with E-state index in [0.717, 1.165) is 25.8 Å². The van der Waals surface area contributed by atoms with Gasteiger partial charge < -0.3 is 49.9 Å². The van der Waals surface area contributed by atoms with E-state index in [1.165, 1.54) is 6.92 Å². The number of hydrogen-bond donors (Lipinski definition) is 9. The lowest BCUT2D eigenvalue weighted by atomic mass is 9.90. The molecule has 14 N–H and O–H groups in total. The second-order valence-electron chi connectivity index (χ2n) is 28.7. The summed E-state index contributed by atoms with van der Waals surface area (Å²) >= 11 is 0. The quantitative estimate of drug-likeness (QED) is 0.0207. The van der Waals surface area contributed by atoms with Gasteiger partial charge in [-0.15, -0.1) is 0 Å². The van der Waals surface area contributed by atoms with Gasteiger partial charge in [-0.3, -0.25) is 33.6 Å². The molecule has 0 saturated carbocycles. The first-order valence-corrected chi connectivity index (χ1v) is 42.9. The van der Waals surface area contributed by atoms with Crippen LogP contribution < -0.4 is 49.9 Å². The Hall–Kier alpha value is -7.48. The molecule has 0 bridgehead atoms. The molecule has 0 aliphatic heterocycles. The van der Waals surface area contributed by atoms with Gasteiger partial charge in [0.2, 0.25) is 53.7 Å². The lowest BCUT2D eigenvalue weighted by Gasteiger charge is -2.30. The van der Waals surface area contributed by atoms with Gasteiger partial charge >= 0.3 is 0 Å². The Morgan fingerprint density at radius 1 is 0.389 bits per heavy atom. The second kappa shape index (κ2) is 48.9. The molecule has 4 amide bonds. The zero-order valence-corrected chi connectivity index (χ0v) is 65.9. The van der Waals surface area contributed by atoms with Crippen LogP contribution in [0.2, 0.25) is 0 Å². The molecule has 0 aliphatic rings. The first kappa shape index (κ1) is 91.1. The highest BCUT2D eigenvalue weighted by molar-refractivity contribution is 7.89. The van der Waals surface area contributed by atoms with Gasteiger partial charge in [-0.05, 0) is 156 Å². The summed E-state index contributed by atoms with van der Waals surface area (Å²) in [6, 6.07) is 39.5. The van der Waals surface area contributed by atoms with Crippen molar-refractivity contribution in [2.45, 2.75) is 172 Å². The molecule has 596 valence electrons. The second-order valence-corrected chi connectivity index (χ2v) is 34.8. The minimum absolute atomic E-state index is 0.0245.